The van der Waals surface area contributed by atoms with Crippen LogP contribution in [-0.4, -0.2) is 10.1 Å². The van der Waals surface area contributed by atoms with Gasteiger partial charge in [0.2, 0.25) is 11.7 Å². The Kier molecular flexibility index (Phi) is 3.25. The van der Waals surface area contributed by atoms with Gasteiger partial charge in [0.1, 0.15) is 6.04 Å². The van der Waals surface area contributed by atoms with E-state index in [4.69, 9.17) is 8.94 Å². The summed E-state index contributed by atoms with van der Waals surface area (Å²) in [6.07, 6.45) is 1.58. The van der Waals surface area contributed by atoms with Gasteiger partial charge in [-0.1, -0.05) is 22.9 Å². The molecule has 1 N–H and O–H groups in total. The summed E-state index contributed by atoms with van der Waals surface area (Å²) in [5, 5.41) is 7.23. The second kappa shape index (κ2) is 5.21. The van der Waals surface area contributed by atoms with Crippen LogP contribution in [0, 0.1) is 6.92 Å². The Morgan fingerprint density at radius 3 is 2.65 bits per heavy atom. The Morgan fingerprint density at radius 2 is 1.95 bits per heavy atom. The standard InChI is InChI=1S/C15H15N3O2/c1-10-5-7-12(8-6-10)16-11(2)15-17-14(18-20-15)13-4-3-9-19-13/h3-9,11,16H,1-2H3. The summed E-state index contributed by atoms with van der Waals surface area (Å²) in [5.74, 6) is 1.59. The molecule has 3 aromatic rings. The van der Waals surface area contributed by atoms with Crippen LogP contribution in [0.3, 0.4) is 0 Å². The van der Waals surface area contributed by atoms with Crippen LogP contribution in [-0.2, 0) is 0 Å². The molecule has 3 rings (SSSR count). The first-order valence-electron chi connectivity index (χ1n) is 6.43. The Hall–Kier alpha value is -2.56. The first kappa shape index (κ1) is 12.5. The van der Waals surface area contributed by atoms with Gasteiger partial charge < -0.3 is 14.3 Å². The van der Waals surface area contributed by atoms with Gasteiger partial charge in [0.05, 0.1) is 6.26 Å². The number of aromatic nitrogens is 2. The number of anilines is 1. The molecule has 2 aromatic heterocycles. The van der Waals surface area contributed by atoms with Gasteiger partial charge in [-0.05, 0) is 38.1 Å². The number of nitrogens with one attached hydrogen (secondary N) is 1. The zero-order valence-corrected chi connectivity index (χ0v) is 11.3. The van der Waals surface area contributed by atoms with Crippen molar-refractivity contribution in [2.45, 2.75) is 19.9 Å². The summed E-state index contributed by atoms with van der Waals surface area (Å²) < 4.78 is 10.5. The third kappa shape index (κ3) is 2.56. The van der Waals surface area contributed by atoms with Gasteiger partial charge in [0.25, 0.3) is 0 Å². The molecule has 0 spiro atoms. The molecule has 0 saturated heterocycles. The highest BCUT2D eigenvalue weighted by molar-refractivity contribution is 5.47. The minimum atomic E-state index is -0.0751. The van der Waals surface area contributed by atoms with E-state index >= 15 is 0 Å². The van der Waals surface area contributed by atoms with Crippen molar-refractivity contribution in [3.05, 3.63) is 54.1 Å². The SMILES string of the molecule is Cc1ccc(NC(C)c2nc(-c3ccco3)no2)cc1. The highest BCUT2D eigenvalue weighted by atomic mass is 16.5. The van der Waals surface area contributed by atoms with Crippen LogP contribution >= 0.6 is 0 Å². The number of aryl methyl sites for hydroxylation is 1. The van der Waals surface area contributed by atoms with Crippen molar-refractivity contribution in [2.75, 3.05) is 5.32 Å². The van der Waals surface area contributed by atoms with Crippen molar-refractivity contribution in [2.24, 2.45) is 0 Å². The van der Waals surface area contributed by atoms with E-state index in [1.54, 1.807) is 18.4 Å². The number of benzene rings is 1. The zero-order chi connectivity index (χ0) is 13.9. The van der Waals surface area contributed by atoms with Crippen molar-refractivity contribution in [3.63, 3.8) is 0 Å². The van der Waals surface area contributed by atoms with Gasteiger partial charge in [0.15, 0.2) is 5.76 Å². The van der Waals surface area contributed by atoms with E-state index in [9.17, 15) is 0 Å². The van der Waals surface area contributed by atoms with Crippen LogP contribution in [0.5, 0.6) is 0 Å². The quantitative estimate of drug-likeness (QED) is 0.780. The van der Waals surface area contributed by atoms with Gasteiger partial charge >= 0.3 is 0 Å². The molecule has 0 fully saturated rings. The Bertz CT molecular complexity index is 671. The highest BCUT2D eigenvalue weighted by Crippen LogP contribution is 2.21. The third-order valence-corrected chi connectivity index (χ3v) is 2.99. The molecule has 0 aliphatic carbocycles. The average Bonchev–Trinajstić information content (AvgIpc) is 3.11. The van der Waals surface area contributed by atoms with Crippen LogP contribution in [0.4, 0.5) is 5.69 Å². The normalized spacial score (nSPS) is 12.3. The molecule has 1 atom stereocenters. The van der Waals surface area contributed by atoms with Crippen LogP contribution in [0.1, 0.15) is 24.4 Å². The molecule has 20 heavy (non-hydrogen) atoms. The van der Waals surface area contributed by atoms with E-state index in [1.165, 1.54) is 5.56 Å². The number of furan rings is 1. The van der Waals surface area contributed by atoms with Crippen molar-refractivity contribution in [3.8, 4) is 11.6 Å². The van der Waals surface area contributed by atoms with Gasteiger partial charge in [-0.3, -0.25) is 0 Å². The zero-order valence-electron chi connectivity index (χ0n) is 11.3. The van der Waals surface area contributed by atoms with E-state index in [1.807, 2.05) is 19.1 Å². The predicted molar refractivity (Wildman–Crippen MR) is 75.2 cm³/mol. The van der Waals surface area contributed by atoms with E-state index < -0.39 is 0 Å². The topological polar surface area (TPSA) is 64.1 Å². The van der Waals surface area contributed by atoms with Gasteiger partial charge in [-0.15, -0.1) is 0 Å². The van der Waals surface area contributed by atoms with E-state index in [0.717, 1.165) is 5.69 Å². The summed E-state index contributed by atoms with van der Waals surface area (Å²) >= 11 is 0. The maximum absolute atomic E-state index is 5.26. The highest BCUT2D eigenvalue weighted by Gasteiger charge is 2.16. The van der Waals surface area contributed by atoms with Crippen molar-refractivity contribution in [1.29, 1.82) is 0 Å². The molecule has 5 heteroatoms. The van der Waals surface area contributed by atoms with Crippen molar-refractivity contribution in [1.82, 2.24) is 10.1 Å². The number of hydrogen-bond donors (Lipinski definition) is 1. The fraction of sp³-hybridized carbons (Fsp3) is 0.200. The lowest BCUT2D eigenvalue weighted by Gasteiger charge is -2.10. The average molecular weight is 269 g/mol. The monoisotopic (exact) mass is 269 g/mol. The van der Waals surface area contributed by atoms with Gasteiger partial charge in [-0.25, -0.2) is 0 Å². The summed E-state index contributed by atoms with van der Waals surface area (Å²) in [6, 6.07) is 11.7. The predicted octanol–water partition coefficient (Wildman–Crippen LogP) is 3.81. The molecule has 0 saturated carbocycles. The second-order valence-corrected chi connectivity index (χ2v) is 4.67. The lowest BCUT2D eigenvalue weighted by molar-refractivity contribution is 0.367. The number of nitrogens with zero attached hydrogens (tertiary/aromatic N) is 2. The van der Waals surface area contributed by atoms with Crippen LogP contribution in [0.25, 0.3) is 11.6 Å². The van der Waals surface area contributed by atoms with Crippen molar-refractivity contribution >= 4 is 5.69 Å². The molecule has 1 unspecified atom stereocenters. The first-order chi connectivity index (χ1) is 9.72. The fourth-order valence-corrected chi connectivity index (χ4v) is 1.88. The molecule has 0 bridgehead atoms. The summed E-state index contributed by atoms with van der Waals surface area (Å²) in [7, 11) is 0. The molecule has 0 radical (unpaired) electrons. The summed E-state index contributed by atoms with van der Waals surface area (Å²) in [4.78, 5) is 4.33. The largest absolute Gasteiger partial charge is 0.461 e. The lowest BCUT2D eigenvalue weighted by Crippen LogP contribution is -2.06. The van der Waals surface area contributed by atoms with Crippen LogP contribution in [0.15, 0.2) is 51.6 Å². The molecule has 0 amide bonds. The first-order valence-corrected chi connectivity index (χ1v) is 6.43. The fourth-order valence-electron chi connectivity index (χ4n) is 1.88. The number of rotatable bonds is 4. The maximum atomic E-state index is 5.26. The molecule has 102 valence electrons. The molecule has 1 aromatic carbocycles. The molecule has 2 heterocycles. The molecule has 5 nitrogen and oxygen atoms in total. The van der Waals surface area contributed by atoms with Crippen molar-refractivity contribution < 1.29 is 8.94 Å². The third-order valence-electron chi connectivity index (χ3n) is 2.99. The molecule has 0 aliphatic rings. The van der Waals surface area contributed by atoms with E-state index in [-0.39, 0.29) is 6.04 Å². The van der Waals surface area contributed by atoms with Gasteiger partial charge in [-0.2, -0.15) is 4.98 Å². The van der Waals surface area contributed by atoms with Crippen LogP contribution < -0.4 is 5.32 Å². The van der Waals surface area contributed by atoms with E-state index in [0.29, 0.717) is 17.5 Å². The van der Waals surface area contributed by atoms with E-state index in [2.05, 4.69) is 34.5 Å². The van der Waals surface area contributed by atoms with Crippen LogP contribution in [0.2, 0.25) is 0 Å². The molecule has 0 aliphatic heterocycles. The second-order valence-electron chi connectivity index (χ2n) is 4.67. The number of hydrogen-bond acceptors (Lipinski definition) is 5. The molecular weight excluding hydrogens is 254 g/mol. The smallest absolute Gasteiger partial charge is 0.249 e. The molecular formula is C15H15N3O2. The minimum absolute atomic E-state index is 0.0751. The van der Waals surface area contributed by atoms with Gasteiger partial charge in [0, 0.05) is 5.69 Å². The minimum Gasteiger partial charge on any atom is -0.461 e. The Balaban J connectivity index is 1.74. The maximum Gasteiger partial charge on any atom is 0.249 e. The summed E-state index contributed by atoms with van der Waals surface area (Å²) in [5.41, 5.74) is 2.24. The Morgan fingerprint density at radius 1 is 1.15 bits per heavy atom. The Labute approximate surface area is 116 Å². The summed E-state index contributed by atoms with van der Waals surface area (Å²) in [6.45, 7) is 4.03. The lowest BCUT2D eigenvalue weighted by atomic mass is 10.2.